The van der Waals surface area contributed by atoms with Gasteiger partial charge in [0.25, 0.3) is 0 Å². The number of pyridine rings is 1. The zero-order chi connectivity index (χ0) is 13.3. The fourth-order valence-corrected chi connectivity index (χ4v) is 2.75. The Labute approximate surface area is 115 Å². The fraction of sp³-hybridized carbons (Fsp3) is 0.643. The summed E-state index contributed by atoms with van der Waals surface area (Å²) in [5.74, 6) is 1.64. The SMILES string of the molecule is Cc1cc(CCl)cnc1N1CC(C)N(C)C(C)C1. The highest BCUT2D eigenvalue weighted by Crippen LogP contribution is 2.23. The number of piperazine rings is 1. The lowest BCUT2D eigenvalue weighted by atomic mass is 10.1. The zero-order valence-corrected chi connectivity index (χ0v) is 12.4. The number of likely N-dealkylation sites (N-methyl/N-ethyl adjacent to an activating group) is 1. The standard InChI is InChI=1S/C14H22ClN3/c1-10-5-13(6-15)7-16-14(10)18-8-11(2)17(4)12(3)9-18/h5,7,11-12H,6,8-9H2,1-4H3. The van der Waals surface area contributed by atoms with E-state index in [1.165, 1.54) is 5.56 Å². The molecule has 0 aromatic carbocycles. The van der Waals surface area contributed by atoms with E-state index in [1.807, 2.05) is 6.20 Å². The Morgan fingerprint density at radius 3 is 2.44 bits per heavy atom. The summed E-state index contributed by atoms with van der Waals surface area (Å²) in [7, 11) is 2.20. The monoisotopic (exact) mass is 267 g/mol. The summed E-state index contributed by atoms with van der Waals surface area (Å²) in [6.45, 7) is 8.73. The fourth-order valence-electron chi connectivity index (χ4n) is 2.61. The summed E-state index contributed by atoms with van der Waals surface area (Å²) in [6, 6.07) is 3.26. The quantitative estimate of drug-likeness (QED) is 0.768. The van der Waals surface area contributed by atoms with E-state index in [0.717, 1.165) is 24.5 Å². The third-order valence-electron chi connectivity index (χ3n) is 3.92. The Bertz CT molecular complexity index is 410. The van der Waals surface area contributed by atoms with Gasteiger partial charge in [0.2, 0.25) is 0 Å². The molecule has 3 nitrogen and oxygen atoms in total. The molecule has 0 saturated carbocycles. The third kappa shape index (κ3) is 2.62. The lowest BCUT2D eigenvalue weighted by Crippen LogP contribution is -2.55. The normalized spacial score (nSPS) is 25.5. The maximum absolute atomic E-state index is 5.84. The van der Waals surface area contributed by atoms with Crippen molar-refractivity contribution in [2.45, 2.75) is 38.7 Å². The highest BCUT2D eigenvalue weighted by Gasteiger charge is 2.27. The maximum atomic E-state index is 5.84. The molecular weight excluding hydrogens is 246 g/mol. The number of aromatic nitrogens is 1. The number of hydrogen-bond acceptors (Lipinski definition) is 3. The van der Waals surface area contributed by atoms with E-state index in [2.05, 4.69) is 48.7 Å². The average Bonchev–Trinajstić information content (AvgIpc) is 2.35. The molecule has 0 spiro atoms. The van der Waals surface area contributed by atoms with E-state index in [4.69, 9.17) is 11.6 Å². The Morgan fingerprint density at radius 1 is 1.33 bits per heavy atom. The Kier molecular flexibility index (Phi) is 4.13. The van der Waals surface area contributed by atoms with Crippen molar-refractivity contribution >= 4 is 17.4 Å². The maximum Gasteiger partial charge on any atom is 0.131 e. The lowest BCUT2D eigenvalue weighted by Gasteiger charge is -2.43. The molecule has 2 unspecified atom stereocenters. The van der Waals surface area contributed by atoms with E-state index in [9.17, 15) is 0 Å². The summed E-state index contributed by atoms with van der Waals surface area (Å²) in [4.78, 5) is 9.41. The topological polar surface area (TPSA) is 19.4 Å². The van der Waals surface area contributed by atoms with Crippen LogP contribution in [-0.2, 0) is 5.88 Å². The van der Waals surface area contributed by atoms with Crippen LogP contribution in [0.15, 0.2) is 12.3 Å². The van der Waals surface area contributed by atoms with Crippen molar-refractivity contribution in [2.24, 2.45) is 0 Å². The van der Waals surface area contributed by atoms with Gasteiger partial charge < -0.3 is 4.90 Å². The number of anilines is 1. The van der Waals surface area contributed by atoms with Gasteiger partial charge in [-0.1, -0.05) is 0 Å². The molecule has 0 aliphatic carbocycles. The molecule has 1 fully saturated rings. The van der Waals surface area contributed by atoms with E-state index in [-0.39, 0.29) is 0 Å². The first-order valence-electron chi connectivity index (χ1n) is 6.51. The Hall–Kier alpha value is -0.800. The van der Waals surface area contributed by atoms with Gasteiger partial charge in [-0.15, -0.1) is 11.6 Å². The molecule has 18 heavy (non-hydrogen) atoms. The Morgan fingerprint density at radius 2 is 1.94 bits per heavy atom. The van der Waals surface area contributed by atoms with Gasteiger partial charge in [-0.2, -0.15) is 0 Å². The first-order valence-corrected chi connectivity index (χ1v) is 7.04. The molecule has 4 heteroatoms. The largest absolute Gasteiger partial charge is 0.353 e. The molecule has 1 aliphatic heterocycles. The van der Waals surface area contributed by atoms with Crippen LogP contribution in [0.1, 0.15) is 25.0 Å². The second-order valence-corrected chi connectivity index (χ2v) is 5.65. The van der Waals surface area contributed by atoms with E-state index >= 15 is 0 Å². The van der Waals surface area contributed by atoms with Crippen molar-refractivity contribution in [1.29, 1.82) is 0 Å². The summed E-state index contributed by atoms with van der Waals surface area (Å²) >= 11 is 5.84. The number of aryl methyl sites for hydroxylation is 1. The van der Waals surface area contributed by atoms with Crippen LogP contribution in [0.25, 0.3) is 0 Å². The summed E-state index contributed by atoms with van der Waals surface area (Å²) in [5, 5.41) is 0. The minimum atomic E-state index is 0.531. The second-order valence-electron chi connectivity index (χ2n) is 5.39. The van der Waals surface area contributed by atoms with Gasteiger partial charge in [0, 0.05) is 37.3 Å². The summed E-state index contributed by atoms with van der Waals surface area (Å²) < 4.78 is 0. The van der Waals surface area contributed by atoms with Gasteiger partial charge in [0.15, 0.2) is 0 Å². The number of rotatable bonds is 2. The van der Waals surface area contributed by atoms with Crippen LogP contribution in [0.4, 0.5) is 5.82 Å². The van der Waals surface area contributed by atoms with Gasteiger partial charge in [-0.25, -0.2) is 4.98 Å². The first-order chi connectivity index (χ1) is 8.52. The van der Waals surface area contributed by atoms with Crippen molar-refractivity contribution in [3.8, 4) is 0 Å². The lowest BCUT2D eigenvalue weighted by molar-refractivity contribution is 0.169. The van der Waals surface area contributed by atoms with Crippen LogP contribution in [0.2, 0.25) is 0 Å². The van der Waals surface area contributed by atoms with Crippen LogP contribution in [0, 0.1) is 6.92 Å². The van der Waals surface area contributed by atoms with Crippen molar-refractivity contribution in [2.75, 3.05) is 25.0 Å². The molecule has 2 atom stereocenters. The molecule has 100 valence electrons. The van der Waals surface area contributed by atoms with Crippen LogP contribution in [0.5, 0.6) is 0 Å². The molecule has 2 rings (SSSR count). The molecule has 0 N–H and O–H groups in total. The zero-order valence-electron chi connectivity index (χ0n) is 11.7. The molecule has 1 aromatic rings. The second kappa shape index (κ2) is 5.45. The Balaban J connectivity index is 2.21. The number of alkyl halides is 1. The third-order valence-corrected chi connectivity index (χ3v) is 4.23. The number of nitrogens with zero attached hydrogens (tertiary/aromatic N) is 3. The minimum absolute atomic E-state index is 0.531. The molecule has 0 radical (unpaired) electrons. The van der Waals surface area contributed by atoms with Gasteiger partial charge in [-0.05, 0) is 45.0 Å². The minimum Gasteiger partial charge on any atom is -0.353 e. The van der Waals surface area contributed by atoms with Gasteiger partial charge in [0.1, 0.15) is 5.82 Å². The van der Waals surface area contributed by atoms with Crippen molar-refractivity contribution in [3.63, 3.8) is 0 Å². The summed E-state index contributed by atoms with van der Waals surface area (Å²) in [6.07, 6.45) is 1.89. The molecule has 2 heterocycles. The van der Waals surface area contributed by atoms with Gasteiger partial charge in [-0.3, -0.25) is 4.90 Å². The molecule has 1 saturated heterocycles. The molecule has 1 aliphatic rings. The van der Waals surface area contributed by atoms with Gasteiger partial charge >= 0.3 is 0 Å². The van der Waals surface area contributed by atoms with Crippen LogP contribution in [-0.4, -0.2) is 42.1 Å². The van der Waals surface area contributed by atoms with Crippen LogP contribution in [0.3, 0.4) is 0 Å². The highest BCUT2D eigenvalue weighted by atomic mass is 35.5. The van der Waals surface area contributed by atoms with E-state index in [1.54, 1.807) is 0 Å². The van der Waals surface area contributed by atoms with Crippen molar-refractivity contribution in [3.05, 3.63) is 23.4 Å². The summed E-state index contributed by atoms with van der Waals surface area (Å²) in [5.41, 5.74) is 2.31. The molecule has 0 amide bonds. The van der Waals surface area contributed by atoms with Crippen molar-refractivity contribution in [1.82, 2.24) is 9.88 Å². The first kappa shape index (κ1) is 13.6. The average molecular weight is 268 g/mol. The molecular formula is C14H22ClN3. The number of hydrogen-bond donors (Lipinski definition) is 0. The molecule has 0 bridgehead atoms. The van der Waals surface area contributed by atoms with Crippen molar-refractivity contribution < 1.29 is 0 Å². The van der Waals surface area contributed by atoms with Crippen LogP contribution >= 0.6 is 11.6 Å². The van der Waals surface area contributed by atoms with E-state index in [0.29, 0.717) is 18.0 Å². The van der Waals surface area contributed by atoms with E-state index < -0.39 is 0 Å². The van der Waals surface area contributed by atoms with Crippen LogP contribution < -0.4 is 4.90 Å². The molecule has 1 aromatic heterocycles. The smallest absolute Gasteiger partial charge is 0.131 e. The predicted molar refractivity (Wildman–Crippen MR) is 77.4 cm³/mol. The highest BCUT2D eigenvalue weighted by molar-refractivity contribution is 6.17. The number of halogens is 1. The van der Waals surface area contributed by atoms with Gasteiger partial charge in [0.05, 0.1) is 0 Å². The predicted octanol–water partition coefficient (Wildman–Crippen LogP) is 2.66.